The Morgan fingerprint density at radius 1 is 1.25 bits per heavy atom. The average Bonchev–Trinajstić information content (AvgIpc) is 2.81. The average molecular weight is 288 g/mol. The summed E-state index contributed by atoms with van der Waals surface area (Å²) in [6.07, 6.45) is 2.07. The van der Waals surface area contributed by atoms with E-state index >= 15 is 0 Å². The highest BCUT2D eigenvalue weighted by atomic mass is 35.5. The van der Waals surface area contributed by atoms with Crippen molar-refractivity contribution in [1.29, 1.82) is 0 Å². The maximum Gasteiger partial charge on any atom is 0.163 e. The van der Waals surface area contributed by atoms with Gasteiger partial charge in [0.1, 0.15) is 12.1 Å². The van der Waals surface area contributed by atoms with Crippen molar-refractivity contribution in [2.24, 2.45) is 0 Å². The SMILES string of the molecule is CCn1nc(Cc2ccccc2Cl)c2c(N)ncnc21. The van der Waals surface area contributed by atoms with E-state index in [1.165, 1.54) is 6.33 Å². The molecule has 0 unspecified atom stereocenters. The number of hydrogen-bond acceptors (Lipinski definition) is 4. The molecule has 2 heterocycles. The Labute approximate surface area is 121 Å². The number of rotatable bonds is 3. The summed E-state index contributed by atoms with van der Waals surface area (Å²) in [7, 11) is 0. The molecular formula is C14H14ClN5. The minimum Gasteiger partial charge on any atom is -0.383 e. The molecule has 0 aliphatic rings. The standard InChI is InChI=1S/C14H14ClN5/c1-2-20-14-12(13(16)17-8-18-14)11(19-20)7-9-5-3-4-6-10(9)15/h3-6,8H,2,7H2,1H3,(H2,16,17,18). The van der Waals surface area contributed by atoms with Crippen molar-refractivity contribution in [2.75, 3.05) is 5.73 Å². The van der Waals surface area contributed by atoms with Crippen molar-refractivity contribution >= 4 is 28.5 Å². The van der Waals surface area contributed by atoms with E-state index in [9.17, 15) is 0 Å². The molecular weight excluding hydrogens is 274 g/mol. The Bertz CT molecular complexity index is 765. The van der Waals surface area contributed by atoms with Crippen LogP contribution in [0.1, 0.15) is 18.2 Å². The van der Waals surface area contributed by atoms with Crippen molar-refractivity contribution in [3.63, 3.8) is 0 Å². The summed E-state index contributed by atoms with van der Waals surface area (Å²) in [5.41, 5.74) is 8.61. The molecule has 2 N–H and O–H groups in total. The fourth-order valence-corrected chi connectivity index (χ4v) is 2.47. The fourth-order valence-electron chi connectivity index (χ4n) is 2.27. The number of aryl methyl sites for hydroxylation is 1. The van der Waals surface area contributed by atoms with E-state index in [2.05, 4.69) is 15.1 Å². The summed E-state index contributed by atoms with van der Waals surface area (Å²) in [5.74, 6) is 0.455. The second kappa shape index (κ2) is 5.09. The molecule has 1 aromatic carbocycles. The van der Waals surface area contributed by atoms with Gasteiger partial charge in [0.05, 0.1) is 11.1 Å². The summed E-state index contributed by atoms with van der Waals surface area (Å²) < 4.78 is 1.83. The molecule has 0 atom stereocenters. The van der Waals surface area contributed by atoms with Crippen LogP contribution in [-0.2, 0) is 13.0 Å². The molecule has 0 aliphatic heterocycles. The van der Waals surface area contributed by atoms with Crippen molar-refractivity contribution in [2.45, 2.75) is 19.9 Å². The molecule has 3 aromatic rings. The number of aromatic nitrogens is 4. The molecule has 5 nitrogen and oxygen atoms in total. The van der Waals surface area contributed by atoms with Gasteiger partial charge in [-0.2, -0.15) is 5.10 Å². The number of hydrogen-bond donors (Lipinski definition) is 1. The van der Waals surface area contributed by atoms with Crippen LogP contribution in [0.5, 0.6) is 0 Å². The van der Waals surface area contributed by atoms with E-state index in [0.717, 1.165) is 33.9 Å². The largest absolute Gasteiger partial charge is 0.383 e. The van der Waals surface area contributed by atoms with Crippen LogP contribution in [0, 0.1) is 0 Å². The van der Waals surface area contributed by atoms with Crippen molar-refractivity contribution in [1.82, 2.24) is 19.7 Å². The molecule has 20 heavy (non-hydrogen) atoms. The van der Waals surface area contributed by atoms with Gasteiger partial charge in [-0.3, -0.25) is 0 Å². The minimum absolute atomic E-state index is 0.455. The predicted octanol–water partition coefficient (Wildman–Crippen LogP) is 2.67. The lowest BCUT2D eigenvalue weighted by Gasteiger charge is -2.02. The van der Waals surface area contributed by atoms with Gasteiger partial charge >= 0.3 is 0 Å². The van der Waals surface area contributed by atoms with Crippen molar-refractivity contribution in [3.8, 4) is 0 Å². The third-order valence-electron chi connectivity index (χ3n) is 3.25. The van der Waals surface area contributed by atoms with Gasteiger partial charge in [0.2, 0.25) is 0 Å². The van der Waals surface area contributed by atoms with Crippen LogP contribution in [-0.4, -0.2) is 19.7 Å². The van der Waals surface area contributed by atoms with E-state index in [0.29, 0.717) is 12.2 Å². The molecule has 0 saturated carbocycles. The van der Waals surface area contributed by atoms with Gasteiger partial charge in [-0.1, -0.05) is 29.8 Å². The zero-order chi connectivity index (χ0) is 14.1. The van der Waals surface area contributed by atoms with Gasteiger partial charge in [-0.05, 0) is 18.6 Å². The second-order valence-corrected chi connectivity index (χ2v) is 4.90. The van der Waals surface area contributed by atoms with Crippen LogP contribution in [0.4, 0.5) is 5.82 Å². The third-order valence-corrected chi connectivity index (χ3v) is 3.62. The lowest BCUT2D eigenvalue weighted by atomic mass is 10.1. The van der Waals surface area contributed by atoms with E-state index in [1.54, 1.807) is 0 Å². The van der Waals surface area contributed by atoms with Crippen LogP contribution in [0.25, 0.3) is 11.0 Å². The summed E-state index contributed by atoms with van der Waals surface area (Å²) >= 11 is 6.21. The van der Waals surface area contributed by atoms with Crippen molar-refractivity contribution < 1.29 is 0 Å². The van der Waals surface area contributed by atoms with E-state index < -0.39 is 0 Å². The summed E-state index contributed by atoms with van der Waals surface area (Å²) in [6, 6.07) is 7.72. The highest BCUT2D eigenvalue weighted by molar-refractivity contribution is 6.31. The lowest BCUT2D eigenvalue weighted by Crippen LogP contribution is -1.99. The Balaban J connectivity index is 2.15. The zero-order valence-corrected chi connectivity index (χ0v) is 11.8. The van der Waals surface area contributed by atoms with Gasteiger partial charge in [-0.15, -0.1) is 0 Å². The van der Waals surface area contributed by atoms with Gasteiger partial charge < -0.3 is 5.73 Å². The van der Waals surface area contributed by atoms with E-state index in [1.807, 2.05) is 35.9 Å². The van der Waals surface area contributed by atoms with Gasteiger partial charge in [-0.25, -0.2) is 14.6 Å². The summed E-state index contributed by atoms with van der Waals surface area (Å²) in [5, 5.41) is 6.12. The maximum absolute atomic E-state index is 6.21. The third kappa shape index (κ3) is 2.10. The normalized spacial score (nSPS) is 11.1. The Hall–Kier alpha value is -2.14. The smallest absolute Gasteiger partial charge is 0.163 e. The minimum atomic E-state index is 0.455. The Morgan fingerprint density at radius 3 is 2.80 bits per heavy atom. The molecule has 0 saturated heterocycles. The number of benzene rings is 1. The van der Waals surface area contributed by atoms with Gasteiger partial charge in [0, 0.05) is 18.0 Å². The summed E-state index contributed by atoms with van der Waals surface area (Å²) in [4.78, 5) is 8.33. The summed E-state index contributed by atoms with van der Waals surface area (Å²) in [6.45, 7) is 2.75. The molecule has 0 aliphatic carbocycles. The first-order valence-corrected chi connectivity index (χ1v) is 6.77. The molecule has 3 rings (SSSR count). The molecule has 6 heteroatoms. The van der Waals surface area contributed by atoms with Crippen LogP contribution in [0.15, 0.2) is 30.6 Å². The van der Waals surface area contributed by atoms with Crippen LogP contribution in [0.2, 0.25) is 5.02 Å². The van der Waals surface area contributed by atoms with Crippen LogP contribution in [0.3, 0.4) is 0 Å². The molecule has 0 bridgehead atoms. The van der Waals surface area contributed by atoms with E-state index in [-0.39, 0.29) is 0 Å². The number of anilines is 1. The molecule has 0 amide bonds. The van der Waals surface area contributed by atoms with Crippen LogP contribution >= 0.6 is 11.6 Å². The molecule has 2 aromatic heterocycles. The first-order chi connectivity index (χ1) is 9.70. The highest BCUT2D eigenvalue weighted by Gasteiger charge is 2.15. The molecule has 102 valence electrons. The predicted molar refractivity (Wildman–Crippen MR) is 79.7 cm³/mol. The fraction of sp³-hybridized carbons (Fsp3) is 0.214. The zero-order valence-electron chi connectivity index (χ0n) is 11.0. The quantitative estimate of drug-likeness (QED) is 0.804. The van der Waals surface area contributed by atoms with Gasteiger partial charge in [0.15, 0.2) is 5.65 Å². The molecule has 0 fully saturated rings. The number of nitrogen functional groups attached to an aromatic ring is 1. The van der Waals surface area contributed by atoms with E-state index in [4.69, 9.17) is 17.3 Å². The number of nitrogens with two attached hydrogens (primary N) is 1. The molecule has 0 radical (unpaired) electrons. The maximum atomic E-state index is 6.21. The lowest BCUT2D eigenvalue weighted by molar-refractivity contribution is 0.665. The Kier molecular flexibility index (Phi) is 3.28. The first-order valence-electron chi connectivity index (χ1n) is 6.40. The second-order valence-electron chi connectivity index (χ2n) is 4.49. The topological polar surface area (TPSA) is 69.6 Å². The first kappa shape index (κ1) is 12.9. The number of fused-ring (bicyclic) bond motifs is 1. The number of nitrogens with zero attached hydrogens (tertiary/aromatic N) is 4. The number of halogens is 1. The van der Waals surface area contributed by atoms with Crippen LogP contribution < -0.4 is 5.73 Å². The van der Waals surface area contributed by atoms with Crippen molar-refractivity contribution in [3.05, 3.63) is 46.9 Å². The molecule has 0 spiro atoms. The monoisotopic (exact) mass is 287 g/mol. The van der Waals surface area contributed by atoms with Gasteiger partial charge in [0.25, 0.3) is 0 Å². The highest BCUT2D eigenvalue weighted by Crippen LogP contribution is 2.25. The Morgan fingerprint density at radius 2 is 2.05 bits per heavy atom.